The lowest BCUT2D eigenvalue weighted by Gasteiger charge is -2.16. The molecule has 108 valence electrons. The number of hydrogen-bond acceptors (Lipinski definition) is 4. The van der Waals surface area contributed by atoms with Crippen molar-refractivity contribution >= 4 is 25.8 Å². The molecule has 19 heavy (non-hydrogen) atoms. The third kappa shape index (κ3) is 5.56. The van der Waals surface area contributed by atoms with Crippen LogP contribution in [-0.4, -0.2) is 19.9 Å². The second kappa shape index (κ2) is 7.33. The summed E-state index contributed by atoms with van der Waals surface area (Å²) in [7, 11) is -2.97. The molecular formula is C12H18BrFN2O2S. The number of sulfone groups is 1. The van der Waals surface area contributed by atoms with Crippen molar-refractivity contribution in [1.29, 1.82) is 0 Å². The van der Waals surface area contributed by atoms with Crippen molar-refractivity contribution in [2.24, 2.45) is 5.84 Å². The van der Waals surface area contributed by atoms with Crippen LogP contribution in [0.25, 0.3) is 0 Å². The van der Waals surface area contributed by atoms with E-state index >= 15 is 0 Å². The maximum Gasteiger partial charge on any atom is 0.150 e. The van der Waals surface area contributed by atoms with Gasteiger partial charge in [-0.25, -0.2) is 12.8 Å². The van der Waals surface area contributed by atoms with Gasteiger partial charge < -0.3 is 0 Å². The van der Waals surface area contributed by atoms with Gasteiger partial charge in [-0.3, -0.25) is 11.3 Å². The molecule has 0 aliphatic heterocycles. The number of halogens is 2. The first-order valence-electron chi connectivity index (χ1n) is 6.00. The van der Waals surface area contributed by atoms with Crippen LogP contribution in [0.1, 0.15) is 31.4 Å². The van der Waals surface area contributed by atoms with Gasteiger partial charge in [-0.15, -0.1) is 0 Å². The van der Waals surface area contributed by atoms with Gasteiger partial charge in [-0.05, 0) is 36.6 Å². The van der Waals surface area contributed by atoms with E-state index in [4.69, 9.17) is 5.84 Å². The van der Waals surface area contributed by atoms with Gasteiger partial charge in [0.2, 0.25) is 0 Å². The van der Waals surface area contributed by atoms with Crippen LogP contribution in [0.4, 0.5) is 4.39 Å². The number of nitrogens with two attached hydrogens (primary N) is 1. The molecule has 0 aromatic heterocycles. The lowest BCUT2D eigenvalue weighted by molar-refractivity contribution is 0.503. The van der Waals surface area contributed by atoms with Crippen LogP contribution >= 0.6 is 15.9 Å². The third-order valence-corrected chi connectivity index (χ3v) is 5.12. The molecule has 1 atom stereocenters. The van der Waals surface area contributed by atoms with Gasteiger partial charge in [0.25, 0.3) is 0 Å². The van der Waals surface area contributed by atoms with Crippen LogP contribution in [0.2, 0.25) is 0 Å². The van der Waals surface area contributed by atoms with Crippen molar-refractivity contribution in [1.82, 2.24) is 5.43 Å². The fourth-order valence-corrected chi connectivity index (χ4v) is 3.15. The minimum absolute atomic E-state index is 0.123. The molecule has 1 unspecified atom stereocenters. The molecule has 1 aromatic rings. The maximum atomic E-state index is 13.3. The van der Waals surface area contributed by atoms with Gasteiger partial charge in [0.1, 0.15) is 15.7 Å². The zero-order valence-corrected chi connectivity index (χ0v) is 13.1. The van der Waals surface area contributed by atoms with Crippen LogP contribution in [0.5, 0.6) is 0 Å². The van der Waals surface area contributed by atoms with Crippen LogP contribution in [0.3, 0.4) is 0 Å². The van der Waals surface area contributed by atoms with Gasteiger partial charge in [0.15, 0.2) is 0 Å². The number of rotatable bonds is 7. The highest BCUT2D eigenvalue weighted by atomic mass is 79.9. The average molecular weight is 353 g/mol. The summed E-state index contributed by atoms with van der Waals surface area (Å²) in [4.78, 5) is 0. The Hall–Kier alpha value is -0.500. The standard InChI is InChI=1S/C12H18BrFN2O2S/c1-2-19(17,18)5-3-4-12(16-15)9-6-10(13)8-11(14)7-9/h6-8,12,16H,2-5,15H2,1H3. The van der Waals surface area contributed by atoms with E-state index < -0.39 is 9.84 Å². The summed E-state index contributed by atoms with van der Waals surface area (Å²) in [5, 5.41) is 0. The number of nitrogens with one attached hydrogen (secondary N) is 1. The van der Waals surface area contributed by atoms with E-state index in [1.807, 2.05) is 0 Å². The summed E-state index contributed by atoms with van der Waals surface area (Å²) in [6.45, 7) is 1.62. The van der Waals surface area contributed by atoms with E-state index in [-0.39, 0.29) is 23.4 Å². The number of hydrazine groups is 1. The van der Waals surface area contributed by atoms with E-state index in [0.717, 1.165) is 0 Å². The molecule has 1 rings (SSSR count). The number of hydrogen-bond donors (Lipinski definition) is 2. The molecule has 0 saturated heterocycles. The average Bonchev–Trinajstić information content (AvgIpc) is 2.33. The van der Waals surface area contributed by atoms with Crippen molar-refractivity contribution in [3.05, 3.63) is 34.1 Å². The minimum Gasteiger partial charge on any atom is -0.271 e. The molecule has 7 heteroatoms. The highest BCUT2D eigenvalue weighted by molar-refractivity contribution is 9.10. The minimum atomic E-state index is -2.97. The van der Waals surface area contributed by atoms with E-state index in [1.54, 1.807) is 13.0 Å². The van der Waals surface area contributed by atoms with Crippen LogP contribution < -0.4 is 11.3 Å². The molecular weight excluding hydrogens is 335 g/mol. The lowest BCUT2D eigenvalue weighted by atomic mass is 10.0. The van der Waals surface area contributed by atoms with Crippen LogP contribution in [-0.2, 0) is 9.84 Å². The molecule has 0 fully saturated rings. The molecule has 0 aliphatic rings. The fourth-order valence-electron chi connectivity index (χ4n) is 1.77. The quantitative estimate of drug-likeness (QED) is 0.583. The molecule has 0 aliphatic carbocycles. The zero-order valence-electron chi connectivity index (χ0n) is 10.7. The Morgan fingerprint density at radius 3 is 2.63 bits per heavy atom. The second-order valence-electron chi connectivity index (χ2n) is 4.30. The Balaban J connectivity index is 2.68. The Labute approximate surface area is 121 Å². The third-order valence-electron chi connectivity index (χ3n) is 2.88. The lowest BCUT2D eigenvalue weighted by Crippen LogP contribution is -2.28. The predicted molar refractivity (Wildman–Crippen MR) is 77.7 cm³/mol. The van der Waals surface area contributed by atoms with Crippen molar-refractivity contribution in [3.8, 4) is 0 Å². The number of benzene rings is 1. The predicted octanol–water partition coefficient (Wildman–Crippen LogP) is 2.31. The first-order chi connectivity index (χ1) is 8.88. The normalized spacial score (nSPS) is 13.5. The molecule has 0 amide bonds. The Bertz CT molecular complexity index is 502. The summed E-state index contributed by atoms with van der Waals surface area (Å²) in [5.74, 6) is 5.36. The van der Waals surface area contributed by atoms with Crippen molar-refractivity contribution in [2.75, 3.05) is 11.5 Å². The van der Waals surface area contributed by atoms with E-state index in [9.17, 15) is 12.8 Å². The highest BCUT2D eigenvalue weighted by Gasteiger charge is 2.14. The maximum absolute atomic E-state index is 13.3. The summed E-state index contributed by atoms with van der Waals surface area (Å²) >= 11 is 3.22. The van der Waals surface area contributed by atoms with Gasteiger partial charge >= 0.3 is 0 Å². The monoisotopic (exact) mass is 352 g/mol. The first kappa shape index (κ1) is 16.6. The van der Waals surface area contributed by atoms with E-state index in [1.165, 1.54) is 12.1 Å². The van der Waals surface area contributed by atoms with Crippen molar-refractivity contribution in [3.63, 3.8) is 0 Å². The van der Waals surface area contributed by atoms with Gasteiger partial charge in [-0.1, -0.05) is 22.9 Å². The Morgan fingerprint density at radius 1 is 1.42 bits per heavy atom. The topological polar surface area (TPSA) is 72.2 Å². The summed E-state index contributed by atoms with van der Waals surface area (Å²) in [5.41, 5.74) is 3.29. The zero-order chi connectivity index (χ0) is 14.5. The molecule has 4 nitrogen and oxygen atoms in total. The second-order valence-corrected chi connectivity index (χ2v) is 7.69. The largest absolute Gasteiger partial charge is 0.271 e. The summed E-state index contributed by atoms with van der Waals surface area (Å²) in [6.07, 6.45) is 1.02. The molecule has 0 radical (unpaired) electrons. The SMILES string of the molecule is CCS(=O)(=O)CCCC(NN)c1cc(F)cc(Br)c1. The van der Waals surface area contributed by atoms with Gasteiger partial charge in [0, 0.05) is 16.3 Å². The van der Waals surface area contributed by atoms with Crippen LogP contribution in [0, 0.1) is 5.82 Å². The Kier molecular flexibility index (Phi) is 6.38. The summed E-state index contributed by atoms with van der Waals surface area (Å²) < 4.78 is 36.7. The van der Waals surface area contributed by atoms with Gasteiger partial charge in [-0.2, -0.15) is 0 Å². The van der Waals surface area contributed by atoms with Crippen LogP contribution in [0.15, 0.2) is 22.7 Å². The molecule has 0 saturated carbocycles. The highest BCUT2D eigenvalue weighted by Crippen LogP contribution is 2.23. The van der Waals surface area contributed by atoms with Crippen molar-refractivity contribution in [2.45, 2.75) is 25.8 Å². The fraction of sp³-hybridized carbons (Fsp3) is 0.500. The molecule has 0 spiro atoms. The van der Waals surface area contributed by atoms with Gasteiger partial charge in [0.05, 0.1) is 5.75 Å². The van der Waals surface area contributed by atoms with E-state index in [2.05, 4.69) is 21.4 Å². The smallest absolute Gasteiger partial charge is 0.150 e. The molecule has 0 heterocycles. The van der Waals surface area contributed by atoms with E-state index in [0.29, 0.717) is 22.9 Å². The molecule has 3 N–H and O–H groups in total. The van der Waals surface area contributed by atoms with Crippen molar-refractivity contribution < 1.29 is 12.8 Å². The molecule has 1 aromatic carbocycles. The first-order valence-corrected chi connectivity index (χ1v) is 8.62. The Morgan fingerprint density at radius 2 is 2.11 bits per heavy atom. The summed E-state index contributed by atoms with van der Waals surface area (Å²) in [6, 6.07) is 4.25. The molecule has 0 bridgehead atoms.